The zero-order valence-electron chi connectivity index (χ0n) is 9.85. The van der Waals surface area contributed by atoms with E-state index in [2.05, 4.69) is 11.6 Å². The Hall–Kier alpha value is -1.16. The van der Waals surface area contributed by atoms with Crippen LogP contribution in [0, 0.1) is 0 Å². The van der Waals surface area contributed by atoms with E-state index >= 15 is 0 Å². The van der Waals surface area contributed by atoms with Gasteiger partial charge in [0, 0.05) is 11.3 Å². The molecule has 2 atom stereocenters. The Morgan fingerprint density at radius 3 is 2.82 bits per heavy atom. The van der Waals surface area contributed by atoms with E-state index in [9.17, 15) is 9.90 Å². The first-order valence-corrected chi connectivity index (χ1v) is 7.11. The minimum atomic E-state index is -0.171. The number of carbonyl (C=O) groups excluding carboxylic acids is 1. The van der Waals surface area contributed by atoms with Crippen LogP contribution in [-0.2, 0) is 0 Å². The number of aromatic hydroxyl groups is 1. The van der Waals surface area contributed by atoms with Gasteiger partial charge in [-0.25, -0.2) is 0 Å². The third kappa shape index (κ3) is 2.94. The average Bonchev–Trinajstić information content (AvgIpc) is 2.77. The van der Waals surface area contributed by atoms with E-state index in [1.807, 2.05) is 11.8 Å². The van der Waals surface area contributed by atoms with Crippen LogP contribution in [0.4, 0.5) is 0 Å². The van der Waals surface area contributed by atoms with Gasteiger partial charge in [-0.05, 0) is 37.7 Å². The Labute approximate surface area is 106 Å². The topological polar surface area (TPSA) is 49.3 Å². The van der Waals surface area contributed by atoms with E-state index in [4.69, 9.17) is 0 Å². The molecular weight excluding hydrogens is 234 g/mol. The smallest absolute Gasteiger partial charge is 0.255 e. The van der Waals surface area contributed by atoms with Crippen LogP contribution in [0.25, 0.3) is 0 Å². The van der Waals surface area contributed by atoms with Crippen molar-refractivity contribution < 1.29 is 9.90 Å². The normalized spacial score (nSPS) is 23.6. The quantitative estimate of drug-likeness (QED) is 0.867. The van der Waals surface area contributed by atoms with Crippen LogP contribution in [0.15, 0.2) is 24.3 Å². The Morgan fingerprint density at radius 2 is 2.18 bits per heavy atom. The molecule has 1 aliphatic carbocycles. The second kappa shape index (κ2) is 5.45. The van der Waals surface area contributed by atoms with Gasteiger partial charge in [-0.2, -0.15) is 11.8 Å². The molecule has 1 saturated carbocycles. The van der Waals surface area contributed by atoms with Crippen LogP contribution in [-0.4, -0.2) is 28.6 Å². The largest absolute Gasteiger partial charge is 0.507 e. The minimum absolute atomic E-state index is 0.0458. The summed E-state index contributed by atoms with van der Waals surface area (Å²) < 4.78 is 0. The lowest BCUT2D eigenvalue weighted by molar-refractivity contribution is 0.0935. The first-order valence-electron chi connectivity index (χ1n) is 5.82. The number of rotatable bonds is 3. The third-order valence-corrected chi connectivity index (χ3v) is 4.30. The number of thioether (sulfide) groups is 1. The average molecular weight is 251 g/mol. The SMILES string of the molecule is CSC1CCC(NC(=O)c2ccccc2O)C1. The van der Waals surface area contributed by atoms with Gasteiger partial charge in [-0.3, -0.25) is 4.79 Å². The number of phenolic OH excluding ortho intramolecular Hbond substituents is 1. The first kappa shape index (κ1) is 12.3. The van der Waals surface area contributed by atoms with Gasteiger partial charge in [0.05, 0.1) is 5.56 Å². The summed E-state index contributed by atoms with van der Waals surface area (Å²) in [5.74, 6) is -0.126. The summed E-state index contributed by atoms with van der Waals surface area (Å²) in [6, 6.07) is 6.90. The van der Waals surface area contributed by atoms with Crippen LogP contribution in [0.5, 0.6) is 5.75 Å². The van der Waals surface area contributed by atoms with Crippen LogP contribution in [0.2, 0.25) is 0 Å². The van der Waals surface area contributed by atoms with E-state index in [-0.39, 0.29) is 17.7 Å². The number of hydrogen-bond donors (Lipinski definition) is 2. The van der Waals surface area contributed by atoms with Crippen molar-refractivity contribution >= 4 is 17.7 Å². The lowest BCUT2D eigenvalue weighted by atomic mass is 10.1. The van der Waals surface area contributed by atoms with Gasteiger partial charge in [0.2, 0.25) is 0 Å². The van der Waals surface area contributed by atoms with E-state index in [1.54, 1.807) is 18.2 Å². The highest BCUT2D eigenvalue weighted by atomic mass is 32.2. The van der Waals surface area contributed by atoms with Crippen molar-refractivity contribution in [3.05, 3.63) is 29.8 Å². The van der Waals surface area contributed by atoms with E-state index in [0.29, 0.717) is 10.8 Å². The molecule has 0 aromatic heterocycles. The van der Waals surface area contributed by atoms with Crippen molar-refractivity contribution in [2.45, 2.75) is 30.6 Å². The monoisotopic (exact) mass is 251 g/mol. The number of benzene rings is 1. The molecule has 0 radical (unpaired) electrons. The van der Waals surface area contributed by atoms with Crippen molar-refractivity contribution in [1.29, 1.82) is 0 Å². The van der Waals surface area contributed by atoms with Crippen molar-refractivity contribution in [2.75, 3.05) is 6.26 Å². The molecule has 0 aliphatic heterocycles. The molecule has 2 unspecified atom stereocenters. The Kier molecular flexibility index (Phi) is 3.94. The van der Waals surface area contributed by atoms with Crippen LogP contribution < -0.4 is 5.32 Å². The molecule has 1 aliphatic rings. The summed E-state index contributed by atoms with van der Waals surface area (Å²) in [6.07, 6.45) is 5.33. The number of hydrogen-bond acceptors (Lipinski definition) is 3. The van der Waals surface area contributed by atoms with Crippen LogP contribution in [0.1, 0.15) is 29.6 Å². The molecule has 0 bridgehead atoms. The second-order valence-electron chi connectivity index (χ2n) is 4.36. The lowest BCUT2D eigenvalue weighted by Gasteiger charge is -2.13. The molecule has 3 nitrogen and oxygen atoms in total. The summed E-state index contributed by atoms with van der Waals surface area (Å²) in [7, 11) is 0. The summed E-state index contributed by atoms with van der Waals surface area (Å²) >= 11 is 1.86. The summed E-state index contributed by atoms with van der Waals surface area (Å²) in [6.45, 7) is 0. The Bertz CT molecular complexity index is 408. The van der Waals surface area contributed by atoms with Crippen molar-refractivity contribution in [1.82, 2.24) is 5.32 Å². The van der Waals surface area contributed by atoms with Crippen molar-refractivity contribution in [3.63, 3.8) is 0 Å². The fraction of sp³-hybridized carbons (Fsp3) is 0.462. The second-order valence-corrected chi connectivity index (χ2v) is 5.50. The number of carbonyl (C=O) groups is 1. The molecular formula is C13H17NO2S. The van der Waals surface area contributed by atoms with E-state index < -0.39 is 0 Å². The van der Waals surface area contributed by atoms with Gasteiger partial charge in [-0.15, -0.1) is 0 Å². The minimum Gasteiger partial charge on any atom is -0.507 e. The molecule has 92 valence electrons. The highest BCUT2D eigenvalue weighted by molar-refractivity contribution is 7.99. The van der Waals surface area contributed by atoms with Crippen molar-refractivity contribution in [2.24, 2.45) is 0 Å². The maximum atomic E-state index is 11.9. The molecule has 1 aromatic carbocycles. The maximum absolute atomic E-state index is 11.9. The van der Waals surface area contributed by atoms with Gasteiger partial charge < -0.3 is 10.4 Å². The van der Waals surface area contributed by atoms with Crippen LogP contribution >= 0.6 is 11.8 Å². The van der Waals surface area contributed by atoms with Gasteiger partial charge in [-0.1, -0.05) is 12.1 Å². The molecule has 4 heteroatoms. The first-order chi connectivity index (χ1) is 8.20. The molecule has 2 N–H and O–H groups in total. The summed E-state index contributed by atoms with van der Waals surface area (Å²) in [5.41, 5.74) is 0.361. The van der Waals surface area contributed by atoms with Gasteiger partial charge in [0.15, 0.2) is 0 Å². The standard InChI is InChI=1S/C13H17NO2S/c1-17-10-7-6-9(8-10)14-13(16)11-4-2-3-5-12(11)15/h2-5,9-10,15H,6-8H2,1H3,(H,14,16). The molecule has 0 spiro atoms. The molecule has 17 heavy (non-hydrogen) atoms. The maximum Gasteiger partial charge on any atom is 0.255 e. The number of para-hydroxylation sites is 1. The fourth-order valence-electron chi connectivity index (χ4n) is 2.21. The van der Waals surface area contributed by atoms with Crippen LogP contribution in [0.3, 0.4) is 0 Å². The molecule has 0 saturated heterocycles. The predicted octanol–water partition coefficient (Wildman–Crippen LogP) is 2.41. The number of phenols is 1. The Morgan fingerprint density at radius 1 is 1.41 bits per heavy atom. The molecule has 2 rings (SSSR count). The van der Waals surface area contributed by atoms with E-state index in [1.165, 1.54) is 6.07 Å². The third-order valence-electron chi connectivity index (χ3n) is 3.20. The molecule has 0 heterocycles. The predicted molar refractivity (Wildman–Crippen MR) is 70.5 cm³/mol. The molecule has 1 fully saturated rings. The highest BCUT2D eigenvalue weighted by Crippen LogP contribution is 2.28. The zero-order chi connectivity index (χ0) is 12.3. The summed E-state index contributed by atoms with van der Waals surface area (Å²) in [5, 5.41) is 13.2. The van der Waals surface area contributed by atoms with E-state index in [0.717, 1.165) is 19.3 Å². The number of nitrogens with one attached hydrogen (secondary N) is 1. The lowest BCUT2D eigenvalue weighted by Crippen LogP contribution is -2.33. The van der Waals surface area contributed by atoms with Crippen molar-refractivity contribution in [3.8, 4) is 5.75 Å². The fourth-order valence-corrected chi connectivity index (χ4v) is 3.01. The molecule has 1 amide bonds. The zero-order valence-corrected chi connectivity index (χ0v) is 10.7. The molecule has 1 aromatic rings. The highest BCUT2D eigenvalue weighted by Gasteiger charge is 2.25. The summed E-state index contributed by atoms with van der Waals surface area (Å²) in [4.78, 5) is 11.9. The number of amides is 1. The van der Waals surface area contributed by atoms with Gasteiger partial charge in [0.1, 0.15) is 5.75 Å². The van der Waals surface area contributed by atoms with Gasteiger partial charge >= 0.3 is 0 Å². The Balaban J connectivity index is 1.96. The van der Waals surface area contributed by atoms with Gasteiger partial charge in [0.25, 0.3) is 5.91 Å².